The summed E-state index contributed by atoms with van der Waals surface area (Å²) >= 11 is 3.52. The molecule has 0 radical (unpaired) electrons. The van der Waals surface area contributed by atoms with Crippen LogP contribution >= 0.6 is 15.9 Å². The summed E-state index contributed by atoms with van der Waals surface area (Å²) < 4.78 is 12.4. The molecule has 0 heterocycles. The standard InChI is InChI=1S/C26H26BrN3O4/c1-4-33-22-14-20(13-21(27)24(22)34-16-19-11-6-5-7-12-19)15-28-30-26(32)25(31)29-23-17(2)9-8-10-18(23)3/h5-15H,4,16H2,1-3H3,(H,29,31)(H,30,32)/b28-15+. The largest absolute Gasteiger partial charge is 0.490 e. The first-order chi connectivity index (χ1) is 16.4. The summed E-state index contributed by atoms with van der Waals surface area (Å²) in [6.07, 6.45) is 1.43. The monoisotopic (exact) mass is 523 g/mol. The van der Waals surface area contributed by atoms with Gasteiger partial charge in [-0.3, -0.25) is 9.59 Å². The van der Waals surface area contributed by atoms with E-state index >= 15 is 0 Å². The second-order valence-corrected chi connectivity index (χ2v) is 8.31. The zero-order valence-electron chi connectivity index (χ0n) is 19.2. The Bertz CT molecular complexity index is 1180. The maximum absolute atomic E-state index is 12.2. The highest BCUT2D eigenvalue weighted by molar-refractivity contribution is 9.10. The number of halogens is 1. The second kappa shape index (κ2) is 12.0. The van der Waals surface area contributed by atoms with Gasteiger partial charge in [0.2, 0.25) is 0 Å². The molecule has 0 saturated carbocycles. The van der Waals surface area contributed by atoms with Crippen LogP contribution in [0.4, 0.5) is 5.69 Å². The van der Waals surface area contributed by atoms with Crippen molar-refractivity contribution in [2.45, 2.75) is 27.4 Å². The fourth-order valence-corrected chi connectivity index (χ4v) is 3.77. The number of anilines is 1. The van der Waals surface area contributed by atoms with Crippen molar-refractivity contribution >= 4 is 39.6 Å². The molecule has 7 nitrogen and oxygen atoms in total. The lowest BCUT2D eigenvalue weighted by atomic mass is 10.1. The molecular formula is C26H26BrN3O4. The molecule has 2 N–H and O–H groups in total. The van der Waals surface area contributed by atoms with Crippen LogP contribution in [-0.2, 0) is 16.2 Å². The number of hydrazone groups is 1. The molecule has 0 aliphatic heterocycles. The predicted molar refractivity (Wildman–Crippen MR) is 136 cm³/mol. The van der Waals surface area contributed by atoms with Crippen LogP contribution in [0.1, 0.15) is 29.2 Å². The quantitative estimate of drug-likeness (QED) is 0.243. The summed E-state index contributed by atoms with van der Waals surface area (Å²) in [6.45, 7) is 6.44. The molecule has 3 rings (SSSR count). The highest BCUT2D eigenvalue weighted by atomic mass is 79.9. The van der Waals surface area contributed by atoms with Gasteiger partial charge < -0.3 is 14.8 Å². The molecule has 0 bridgehead atoms. The Morgan fingerprint density at radius 2 is 1.68 bits per heavy atom. The molecule has 176 valence electrons. The first-order valence-corrected chi connectivity index (χ1v) is 11.5. The number of carbonyl (C=O) groups is 2. The van der Waals surface area contributed by atoms with Crippen molar-refractivity contribution in [3.63, 3.8) is 0 Å². The minimum atomic E-state index is -0.870. The Morgan fingerprint density at radius 1 is 0.971 bits per heavy atom. The van der Waals surface area contributed by atoms with E-state index in [4.69, 9.17) is 9.47 Å². The minimum Gasteiger partial charge on any atom is -0.490 e. The van der Waals surface area contributed by atoms with Crippen LogP contribution in [0.3, 0.4) is 0 Å². The van der Waals surface area contributed by atoms with Gasteiger partial charge in [-0.25, -0.2) is 5.43 Å². The van der Waals surface area contributed by atoms with E-state index in [0.717, 1.165) is 16.7 Å². The molecule has 0 atom stereocenters. The van der Waals surface area contributed by atoms with Gasteiger partial charge in [0.05, 0.1) is 17.3 Å². The molecule has 0 fully saturated rings. The number of para-hydroxylation sites is 1. The van der Waals surface area contributed by atoms with Crippen molar-refractivity contribution in [3.05, 3.63) is 87.4 Å². The summed E-state index contributed by atoms with van der Waals surface area (Å²) in [5.41, 5.74) is 6.29. The number of rotatable bonds is 8. The fraction of sp³-hybridized carbons (Fsp3) is 0.192. The third kappa shape index (κ3) is 6.68. The number of hydrogen-bond acceptors (Lipinski definition) is 5. The number of benzene rings is 3. The van der Waals surface area contributed by atoms with E-state index in [0.29, 0.717) is 40.4 Å². The van der Waals surface area contributed by atoms with Crippen molar-refractivity contribution < 1.29 is 19.1 Å². The fourth-order valence-electron chi connectivity index (χ4n) is 3.19. The number of nitrogens with one attached hydrogen (secondary N) is 2. The summed E-state index contributed by atoms with van der Waals surface area (Å²) in [5.74, 6) is -0.561. The Hall–Kier alpha value is -3.65. The lowest BCUT2D eigenvalue weighted by Gasteiger charge is -2.14. The van der Waals surface area contributed by atoms with Gasteiger partial charge in [-0.1, -0.05) is 48.5 Å². The van der Waals surface area contributed by atoms with Crippen LogP contribution in [0.5, 0.6) is 11.5 Å². The maximum Gasteiger partial charge on any atom is 0.329 e. The van der Waals surface area contributed by atoms with Crippen LogP contribution < -0.4 is 20.2 Å². The molecule has 0 saturated heterocycles. The molecule has 0 spiro atoms. The van der Waals surface area contributed by atoms with Crippen LogP contribution in [0.25, 0.3) is 0 Å². The van der Waals surface area contributed by atoms with Crippen molar-refractivity contribution in [1.29, 1.82) is 0 Å². The zero-order chi connectivity index (χ0) is 24.5. The second-order valence-electron chi connectivity index (χ2n) is 7.46. The molecule has 34 heavy (non-hydrogen) atoms. The third-order valence-corrected chi connectivity index (χ3v) is 5.45. The highest BCUT2D eigenvalue weighted by Crippen LogP contribution is 2.37. The normalized spacial score (nSPS) is 10.7. The van der Waals surface area contributed by atoms with E-state index < -0.39 is 11.8 Å². The van der Waals surface area contributed by atoms with Gasteiger partial charge in [0.1, 0.15) is 6.61 Å². The summed E-state index contributed by atoms with van der Waals surface area (Å²) in [5, 5.41) is 6.54. The molecule has 0 unspecified atom stereocenters. The van der Waals surface area contributed by atoms with E-state index in [9.17, 15) is 9.59 Å². The van der Waals surface area contributed by atoms with Crippen LogP contribution in [0, 0.1) is 13.8 Å². The molecule has 8 heteroatoms. The third-order valence-electron chi connectivity index (χ3n) is 4.86. The molecule has 0 aliphatic carbocycles. The Kier molecular flexibility index (Phi) is 8.81. The average Bonchev–Trinajstić information content (AvgIpc) is 2.81. The number of ether oxygens (including phenoxy) is 2. The Morgan fingerprint density at radius 3 is 2.35 bits per heavy atom. The van der Waals surface area contributed by atoms with E-state index in [-0.39, 0.29) is 0 Å². The lowest BCUT2D eigenvalue weighted by molar-refractivity contribution is -0.136. The van der Waals surface area contributed by atoms with Crippen molar-refractivity contribution in [3.8, 4) is 11.5 Å². The summed E-state index contributed by atoms with van der Waals surface area (Å²) in [4.78, 5) is 24.4. The summed E-state index contributed by atoms with van der Waals surface area (Å²) in [6, 6.07) is 19.0. The molecule has 0 aliphatic rings. The van der Waals surface area contributed by atoms with Gasteiger partial charge in [0.25, 0.3) is 0 Å². The number of nitrogens with zero attached hydrogens (tertiary/aromatic N) is 1. The van der Waals surface area contributed by atoms with Gasteiger partial charge in [-0.15, -0.1) is 0 Å². The number of hydrogen-bond donors (Lipinski definition) is 2. The van der Waals surface area contributed by atoms with E-state index in [2.05, 4.69) is 31.8 Å². The SMILES string of the molecule is CCOc1cc(/C=N/NC(=O)C(=O)Nc2c(C)cccc2C)cc(Br)c1OCc1ccccc1. The Balaban J connectivity index is 1.66. The van der Waals surface area contributed by atoms with Crippen LogP contribution in [0.2, 0.25) is 0 Å². The number of carbonyl (C=O) groups excluding carboxylic acids is 2. The molecule has 3 aromatic carbocycles. The lowest BCUT2D eigenvalue weighted by Crippen LogP contribution is -2.32. The minimum absolute atomic E-state index is 0.387. The van der Waals surface area contributed by atoms with Gasteiger partial charge in [0, 0.05) is 5.69 Å². The van der Waals surface area contributed by atoms with Gasteiger partial charge in [0.15, 0.2) is 11.5 Å². The average molecular weight is 524 g/mol. The van der Waals surface area contributed by atoms with Gasteiger partial charge in [-0.2, -0.15) is 5.10 Å². The molecule has 3 aromatic rings. The molecule has 2 amide bonds. The van der Waals surface area contributed by atoms with Crippen LogP contribution in [0.15, 0.2) is 70.2 Å². The van der Waals surface area contributed by atoms with Crippen molar-refractivity contribution in [1.82, 2.24) is 5.43 Å². The number of aryl methyl sites for hydroxylation is 2. The smallest absolute Gasteiger partial charge is 0.329 e. The number of amides is 2. The van der Waals surface area contributed by atoms with Crippen molar-refractivity contribution in [2.75, 3.05) is 11.9 Å². The van der Waals surface area contributed by atoms with E-state index in [1.165, 1.54) is 6.21 Å². The molecule has 0 aromatic heterocycles. The van der Waals surface area contributed by atoms with Crippen LogP contribution in [-0.4, -0.2) is 24.6 Å². The Labute approximate surface area is 207 Å². The summed E-state index contributed by atoms with van der Waals surface area (Å²) in [7, 11) is 0. The van der Waals surface area contributed by atoms with E-state index in [1.807, 2.05) is 69.3 Å². The van der Waals surface area contributed by atoms with E-state index in [1.54, 1.807) is 12.1 Å². The first kappa shape index (κ1) is 25.0. The first-order valence-electron chi connectivity index (χ1n) is 10.7. The topological polar surface area (TPSA) is 89.0 Å². The molecular weight excluding hydrogens is 498 g/mol. The van der Waals surface area contributed by atoms with Gasteiger partial charge >= 0.3 is 11.8 Å². The van der Waals surface area contributed by atoms with Crippen molar-refractivity contribution in [2.24, 2.45) is 5.10 Å². The predicted octanol–water partition coefficient (Wildman–Crippen LogP) is 5.13. The van der Waals surface area contributed by atoms with Gasteiger partial charge in [-0.05, 0) is 71.1 Å². The zero-order valence-corrected chi connectivity index (χ0v) is 20.8. The highest BCUT2D eigenvalue weighted by Gasteiger charge is 2.16. The maximum atomic E-state index is 12.2.